The fourth-order valence-electron chi connectivity index (χ4n) is 4.50. The van der Waals surface area contributed by atoms with Crippen molar-refractivity contribution in [3.63, 3.8) is 0 Å². The minimum atomic E-state index is -0.278. The molecule has 2 aliphatic rings. The Labute approximate surface area is 173 Å². The van der Waals surface area contributed by atoms with E-state index in [2.05, 4.69) is 27.0 Å². The van der Waals surface area contributed by atoms with Crippen LogP contribution in [-0.4, -0.2) is 51.0 Å². The summed E-state index contributed by atoms with van der Waals surface area (Å²) in [5, 5.41) is 0.628. The summed E-state index contributed by atoms with van der Waals surface area (Å²) in [5.74, 6) is 0.775. The summed E-state index contributed by atoms with van der Waals surface area (Å²) in [6.07, 6.45) is 5.70. The smallest absolute Gasteiger partial charge is 0.315 e. The Morgan fingerprint density at radius 2 is 1.93 bits per heavy atom. The second kappa shape index (κ2) is 7.27. The maximum Gasteiger partial charge on any atom is 0.315 e. The van der Waals surface area contributed by atoms with Gasteiger partial charge in [0.25, 0.3) is 5.19 Å². The van der Waals surface area contributed by atoms with Crippen molar-refractivity contribution in [2.45, 2.75) is 38.4 Å². The summed E-state index contributed by atoms with van der Waals surface area (Å²) < 4.78 is 7.06. The minimum Gasteiger partial charge on any atom is -0.431 e. The lowest BCUT2D eigenvalue weighted by molar-refractivity contribution is 0.0883. The predicted octanol–water partition coefficient (Wildman–Crippen LogP) is 3.52. The van der Waals surface area contributed by atoms with Gasteiger partial charge in [-0.25, -0.2) is 9.78 Å². The van der Waals surface area contributed by atoms with E-state index in [1.807, 2.05) is 30.2 Å². The van der Waals surface area contributed by atoms with Crippen molar-refractivity contribution in [1.29, 1.82) is 0 Å². The molecule has 2 N–H and O–H groups in total. The number of carbonyl (C=O) groups excluding carboxylic acids is 1. The van der Waals surface area contributed by atoms with E-state index in [-0.39, 0.29) is 18.1 Å². The first-order chi connectivity index (χ1) is 14.1. The molecule has 29 heavy (non-hydrogen) atoms. The number of hydrogen-bond acceptors (Lipinski definition) is 6. The monoisotopic (exact) mass is 409 g/mol. The number of urea groups is 1. The third kappa shape index (κ3) is 3.54. The Bertz CT molecular complexity index is 1040. The summed E-state index contributed by atoms with van der Waals surface area (Å²) in [7, 11) is 0. The molecule has 2 atom stereocenters. The molecule has 2 bridgehead atoms. The number of aryl methyl sites for hydroxylation is 1. The summed E-state index contributed by atoms with van der Waals surface area (Å²) in [6, 6.07) is 8.40. The van der Waals surface area contributed by atoms with Crippen LogP contribution < -0.4 is 10.5 Å². The van der Waals surface area contributed by atoms with Gasteiger partial charge in [0.15, 0.2) is 0 Å². The highest BCUT2D eigenvalue weighted by atomic mass is 32.1. The number of pyridine rings is 1. The number of likely N-dealkylation sites (tertiary alicyclic amines) is 1. The van der Waals surface area contributed by atoms with Gasteiger partial charge >= 0.3 is 6.03 Å². The van der Waals surface area contributed by atoms with Crippen LogP contribution in [0.1, 0.15) is 24.0 Å². The van der Waals surface area contributed by atoms with Crippen molar-refractivity contribution in [3.8, 4) is 10.9 Å². The van der Waals surface area contributed by atoms with E-state index >= 15 is 0 Å². The lowest BCUT2D eigenvalue weighted by atomic mass is 10.1. The lowest BCUT2D eigenvalue weighted by Crippen LogP contribution is -2.56. The first kappa shape index (κ1) is 18.3. The van der Waals surface area contributed by atoms with Crippen LogP contribution in [0.3, 0.4) is 0 Å². The van der Waals surface area contributed by atoms with E-state index in [9.17, 15) is 4.79 Å². The quantitative estimate of drug-likeness (QED) is 0.713. The number of carbonyl (C=O) groups is 1. The summed E-state index contributed by atoms with van der Waals surface area (Å²) in [4.78, 5) is 24.6. The molecular formula is C21H23N5O2S. The Morgan fingerprint density at radius 3 is 2.59 bits per heavy atom. The van der Waals surface area contributed by atoms with Crippen molar-refractivity contribution in [1.82, 2.24) is 19.8 Å². The molecular weight excluding hydrogens is 386 g/mol. The van der Waals surface area contributed by atoms with Crippen LogP contribution in [0.5, 0.6) is 10.9 Å². The SMILES string of the molecule is Cc1cncc2nc(Oc3ccc(CN4C[C@H]5CC[C@@H](C4)N5C(N)=O)cc3)sc12. The van der Waals surface area contributed by atoms with Crippen molar-refractivity contribution in [2.24, 2.45) is 5.73 Å². The molecule has 2 aromatic heterocycles. The molecule has 5 rings (SSSR count). The molecule has 2 amide bonds. The first-order valence-corrected chi connectivity index (χ1v) is 10.7. The number of amides is 2. The number of nitrogens with two attached hydrogens (primary N) is 1. The van der Waals surface area contributed by atoms with Gasteiger partial charge in [-0.2, -0.15) is 0 Å². The number of hydrogen-bond donors (Lipinski definition) is 1. The Hall–Kier alpha value is -2.71. The highest BCUT2D eigenvalue weighted by molar-refractivity contribution is 7.20. The van der Waals surface area contributed by atoms with Crippen LogP contribution in [-0.2, 0) is 6.54 Å². The van der Waals surface area contributed by atoms with Gasteiger partial charge in [-0.05, 0) is 43.0 Å². The van der Waals surface area contributed by atoms with Gasteiger partial charge in [-0.3, -0.25) is 9.88 Å². The molecule has 2 saturated heterocycles. The molecule has 8 heteroatoms. The zero-order chi connectivity index (χ0) is 20.0. The van der Waals surface area contributed by atoms with Crippen molar-refractivity contribution >= 4 is 27.6 Å². The molecule has 4 heterocycles. The van der Waals surface area contributed by atoms with Gasteiger partial charge in [0.2, 0.25) is 0 Å². The molecule has 150 valence electrons. The lowest BCUT2D eigenvalue weighted by Gasteiger charge is -2.40. The Morgan fingerprint density at radius 1 is 1.21 bits per heavy atom. The van der Waals surface area contributed by atoms with E-state index < -0.39 is 0 Å². The van der Waals surface area contributed by atoms with Crippen molar-refractivity contribution < 1.29 is 9.53 Å². The maximum absolute atomic E-state index is 11.7. The van der Waals surface area contributed by atoms with Crippen LogP contribution in [0.25, 0.3) is 10.2 Å². The van der Waals surface area contributed by atoms with E-state index in [1.165, 1.54) is 16.9 Å². The number of nitrogens with zero attached hydrogens (tertiary/aromatic N) is 4. The van der Waals surface area contributed by atoms with Gasteiger partial charge in [0.1, 0.15) is 11.3 Å². The third-order valence-corrected chi connectivity index (χ3v) is 6.89. The molecule has 7 nitrogen and oxygen atoms in total. The van der Waals surface area contributed by atoms with Gasteiger partial charge in [-0.1, -0.05) is 23.5 Å². The second-order valence-electron chi connectivity index (χ2n) is 7.86. The molecule has 2 fully saturated rings. The van der Waals surface area contributed by atoms with Gasteiger partial charge < -0.3 is 15.4 Å². The van der Waals surface area contributed by atoms with Crippen LogP contribution >= 0.6 is 11.3 Å². The molecule has 0 spiro atoms. The minimum absolute atomic E-state index is 0.255. The number of piperazine rings is 1. The van der Waals surface area contributed by atoms with Gasteiger partial charge in [0, 0.05) is 37.9 Å². The number of thiazole rings is 1. The topological polar surface area (TPSA) is 84.6 Å². The fourth-order valence-corrected chi connectivity index (χ4v) is 5.38. The molecule has 0 radical (unpaired) electrons. The zero-order valence-electron chi connectivity index (χ0n) is 16.2. The summed E-state index contributed by atoms with van der Waals surface area (Å²) in [5.41, 5.74) is 8.75. The van der Waals surface area contributed by atoms with E-state index in [1.54, 1.807) is 6.20 Å². The van der Waals surface area contributed by atoms with Crippen molar-refractivity contribution in [2.75, 3.05) is 13.1 Å². The summed E-state index contributed by atoms with van der Waals surface area (Å²) in [6.45, 7) is 4.67. The van der Waals surface area contributed by atoms with Crippen LogP contribution in [0, 0.1) is 6.92 Å². The first-order valence-electron chi connectivity index (χ1n) is 9.85. The predicted molar refractivity (Wildman–Crippen MR) is 112 cm³/mol. The normalized spacial score (nSPS) is 21.6. The third-order valence-electron chi connectivity index (χ3n) is 5.80. The highest BCUT2D eigenvalue weighted by Gasteiger charge is 2.41. The standard InChI is InChI=1S/C21H23N5O2S/c1-13-8-23-9-18-19(13)29-21(24-18)28-17-6-2-14(3-7-17)10-25-11-15-4-5-16(12-25)26(15)20(22)27/h2-3,6-9,15-16H,4-5,10-12H2,1H3,(H2,22,27)/t15-,16+. The van der Waals surface area contributed by atoms with Gasteiger partial charge in [0.05, 0.1) is 10.9 Å². The van der Waals surface area contributed by atoms with Crippen LogP contribution in [0.15, 0.2) is 36.7 Å². The average Bonchev–Trinajstić information content (AvgIpc) is 3.23. The molecule has 3 aromatic rings. The van der Waals surface area contributed by atoms with Crippen LogP contribution in [0.4, 0.5) is 4.79 Å². The molecule has 0 unspecified atom stereocenters. The molecule has 1 aromatic carbocycles. The summed E-state index contributed by atoms with van der Waals surface area (Å²) >= 11 is 1.54. The van der Waals surface area contributed by atoms with Crippen molar-refractivity contribution in [3.05, 3.63) is 47.8 Å². The zero-order valence-corrected chi connectivity index (χ0v) is 17.1. The number of aromatic nitrogens is 2. The maximum atomic E-state index is 11.7. The number of primary amides is 1. The number of fused-ring (bicyclic) bond motifs is 3. The number of ether oxygens (including phenoxy) is 1. The molecule has 2 aliphatic heterocycles. The average molecular weight is 410 g/mol. The fraction of sp³-hybridized carbons (Fsp3) is 0.381. The number of benzene rings is 1. The molecule has 0 saturated carbocycles. The Kier molecular flexibility index (Phi) is 4.60. The van der Waals surface area contributed by atoms with E-state index in [0.717, 1.165) is 54.0 Å². The number of rotatable bonds is 4. The molecule has 0 aliphatic carbocycles. The van der Waals surface area contributed by atoms with E-state index in [0.29, 0.717) is 5.19 Å². The van der Waals surface area contributed by atoms with E-state index in [4.69, 9.17) is 10.5 Å². The Balaban J connectivity index is 1.24. The largest absolute Gasteiger partial charge is 0.431 e. The second-order valence-corrected chi connectivity index (χ2v) is 8.82. The van der Waals surface area contributed by atoms with Gasteiger partial charge in [-0.15, -0.1) is 0 Å². The highest BCUT2D eigenvalue weighted by Crippen LogP contribution is 2.33. The van der Waals surface area contributed by atoms with Crippen LogP contribution in [0.2, 0.25) is 0 Å².